The van der Waals surface area contributed by atoms with Crippen molar-refractivity contribution < 1.29 is 5.11 Å². The molecule has 0 saturated heterocycles. The monoisotopic (exact) mass is 269 g/mol. The fourth-order valence-electron chi connectivity index (χ4n) is 2.57. The zero-order valence-corrected chi connectivity index (χ0v) is 10.3. The van der Waals surface area contributed by atoms with Crippen molar-refractivity contribution in [1.29, 1.82) is 0 Å². The Balaban J connectivity index is 2.42. The summed E-state index contributed by atoms with van der Waals surface area (Å²) in [4.78, 5) is 0. The summed E-state index contributed by atoms with van der Waals surface area (Å²) < 4.78 is 0.981. The van der Waals surface area contributed by atoms with Crippen LogP contribution >= 0.6 is 15.9 Å². The van der Waals surface area contributed by atoms with Crippen molar-refractivity contribution in [3.05, 3.63) is 28.2 Å². The Bertz CT molecular complexity index is 359. The van der Waals surface area contributed by atoms with Crippen molar-refractivity contribution >= 4 is 15.9 Å². The molecule has 82 valence electrons. The SMILES string of the molecule is NCC1(c2ccc(O)cc2Br)CCCC1. The molecule has 3 heteroatoms. The Hall–Kier alpha value is -0.540. The largest absolute Gasteiger partial charge is 0.508 e. The van der Waals surface area contributed by atoms with Crippen molar-refractivity contribution in [2.75, 3.05) is 6.54 Å². The molecular formula is C12H16BrNO. The number of aromatic hydroxyl groups is 1. The first-order chi connectivity index (χ1) is 7.18. The number of phenolic OH excluding ortho intramolecular Hbond substituents is 1. The van der Waals surface area contributed by atoms with E-state index in [0.29, 0.717) is 12.3 Å². The molecule has 0 aliphatic heterocycles. The average Bonchev–Trinajstić information content (AvgIpc) is 2.67. The van der Waals surface area contributed by atoms with E-state index in [9.17, 15) is 5.11 Å². The van der Waals surface area contributed by atoms with Gasteiger partial charge < -0.3 is 10.8 Å². The van der Waals surface area contributed by atoms with Gasteiger partial charge in [-0.3, -0.25) is 0 Å². The number of rotatable bonds is 2. The number of phenols is 1. The highest BCUT2D eigenvalue weighted by atomic mass is 79.9. The Morgan fingerprint density at radius 2 is 2.00 bits per heavy atom. The predicted octanol–water partition coefficient (Wildman–Crippen LogP) is 2.93. The van der Waals surface area contributed by atoms with Crippen molar-refractivity contribution in [2.24, 2.45) is 5.73 Å². The van der Waals surface area contributed by atoms with E-state index in [1.165, 1.54) is 18.4 Å². The maximum absolute atomic E-state index is 9.38. The van der Waals surface area contributed by atoms with Crippen LogP contribution in [-0.2, 0) is 5.41 Å². The van der Waals surface area contributed by atoms with Gasteiger partial charge in [-0.15, -0.1) is 0 Å². The zero-order chi connectivity index (χ0) is 10.9. The van der Waals surface area contributed by atoms with Gasteiger partial charge in [0.05, 0.1) is 0 Å². The molecule has 0 atom stereocenters. The molecule has 15 heavy (non-hydrogen) atoms. The summed E-state index contributed by atoms with van der Waals surface area (Å²) in [5, 5.41) is 9.38. The number of benzene rings is 1. The lowest BCUT2D eigenvalue weighted by Crippen LogP contribution is -2.32. The maximum atomic E-state index is 9.38. The molecule has 1 saturated carbocycles. The Morgan fingerprint density at radius 1 is 1.33 bits per heavy atom. The lowest BCUT2D eigenvalue weighted by Gasteiger charge is -2.29. The third-order valence-electron chi connectivity index (χ3n) is 3.48. The standard InChI is InChI=1S/C12H16BrNO/c13-11-7-9(15)3-4-10(11)12(8-14)5-1-2-6-12/h3-4,7,15H,1-2,5-6,8,14H2. The summed E-state index contributed by atoms with van der Waals surface area (Å²) in [7, 11) is 0. The van der Waals surface area contributed by atoms with E-state index >= 15 is 0 Å². The Kier molecular flexibility index (Phi) is 3.03. The molecule has 0 heterocycles. The van der Waals surface area contributed by atoms with E-state index in [4.69, 9.17) is 5.73 Å². The molecule has 1 aromatic rings. The highest BCUT2D eigenvalue weighted by Crippen LogP contribution is 2.43. The molecule has 0 radical (unpaired) electrons. The topological polar surface area (TPSA) is 46.2 Å². The van der Waals surface area contributed by atoms with Crippen LogP contribution in [0.5, 0.6) is 5.75 Å². The molecule has 1 aromatic carbocycles. The Labute approximate surface area is 98.6 Å². The Morgan fingerprint density at radius 3 is 2.53 bits per heavy atom. The van der Waals surface area contributed by atoms with Gasteiger partial charge in [0, 0.05) is 16.4 Å². The van der Waals surface area contributed by atoms with Gasteiger partial charge in [0.2, 0.25) is 0 Å². The third-order valence-corrected chi connectivity index (χ3v) is 4.13. The molecule has 3 N–H and O–H groups in total. The average molecular weight is 270 g/mol. The number of nitrogens with two attached hydrogens (primary N) is 1. The number of halogens is 1. The normalized spacial score (nSPS) is 19.3. The van der Waals surface area contributed by atoms with Crippen LogP contribution in [0.4, 0.5) is 0 Å². The molecule has 0 spiro atoms. The second-order valence-electron chi connectivity index (χ2n) is 4.36. The van der Waals surface area contributed by atoms with Crippen LogP contribution in [0.2, 0.25) is 0 Å². The van der Waals surface area contributed by atoms with E-state index in [2.05, 4.69) is 15.9 Å². The van der Waals surface area contributed by atoms with Crippen LogP contribution in [0.3, 0.4) is 0 Å². The predicted molar refractivity (Wildman–Crippen MR) is 65.0 cm³/mol. The van der Waals surface area contributed by atoms with E-state index < -0.39 is 0 Å². The van der Waals surface area contributed by atoms with E-state index in [0.717, 1.165) is 17.3 Å². The quantitative estimate of drug-likeness (QED) is 0.868. The van der Waals surface area contributed by atoms with Gasteiger partial charge in [-0.2, -0.15) is 0 Å². The first kappa shape index (κ1) is 11.0. The second kappa shape index (κ2) is 4.14. The minimum absolute atomic E-state index is 0.131. The molecular weight excluding hydrogens is 254 g/mol. The van der Waals surface area contributed by atoms with Crippen LogP contribution in [0.15, 0.2) is 22.7 Å². The van der Waals surface area contributed by atoms with Gasteiger partial charge in [0.25, 0.3) is 0 Å². The highest BCUT2D eigenvalue weighted by Gasteiger charge is 2.35. The summed E-state index contributed by atoms with van der Waals surface area (Å²) in [5.41, 5.74) is 7.31. The molecule has 2 nitrogen and oxygen atoms in total. The zero-order valence-electron chi connectivity index (χ0n) is 8.67. The molecule has 0 amide bonds. The minimum Gasteiger partial charge on any atom is -0.508 e. The van der Waals surface area contributed by atoms with Crippen LogP contribution in [0.1, 0.15) is 31.2 Å². The molecule has 0 bridgehead atoms. The third kappa shape index (κ3) is 1.91. The van der Waals surface area contributed by atoms with Crippen molar-refractivity contribution in [3.63, 3.8) is 0 Å². The molecule has 2 rings (SSSR count). The van der Waals surface area contributed by atoms with Gasteiger partial charge in [-0.1, -0.05) is 34.8 Å². The van der Waals surface area contributed by atoms with Crippen molar-refractivity contribution in [3.8, 4) is 5.75 Å². The molecule has 1 fully saturated rings. The molecule has 0 unspecified atom stereocenters. The van der Waals surface area contributed by atoms with E-state index in [1.807, 2.05) is 6.07 Å². The summed E-state index contributed by atoms with van der Waals surface area (Å²) >= 11 is 3.52. The summed E-state index contributed by atoms with van der Waals surface area (Å²) in [5.74, 6) is 0.302. The maximum Gasteiger partial charge on any atom is 0.116 e. The van der Waals surface area contributed by atoms with Gasteiger partial charge in [-0.05, 0) is 30.5 Å². The molecule has 1 aliphatic rings. The van der Waals surface area contributed by atoms with Gasteiger partial charge >= 0.3 is 0 Å². The van der Waals surface area contributed by atoms with Crippen LogP contribution in [0, 0.1) is 0 Å². The smallest absolute Gasteiger partial charge is 0.116 e. The number of hydrogen-bond acceptors (Lipinski definition) is 2. The summed E-state index contributed by atoms with van der Waals surface area (Å²) in [6, 6.07) is 5.50. The van der Waals surface area contributed by atoms with Gasteiger partial charge in [0.15, 0.2) is 0 Å². The first-order valence-corrected chi connectivity index (χ1v) is 6.16. The van der Waals surface area contributed by atoms with Gasteiger partial charge in [-0.25, -0.2) is 0 Å². The summed E-state index contributed by atoms with van der Waals surface area (Å²) in [6.07, 6.45) is 4.83. The summed E-state index contributed by atoms with van der Waals surface area (Å²) in [6.45, 7) is 0.691. The van der Waals surface area contributed by atoms with E-state index in [-0.39, 0.29) is 5.41 Å². The lowest BCUT2D eigenvalue weighted by atomic mass is 9.79. The number of hydrogen-bond donors (Lipinski definition) is 2. The van der Waals surface area contributed by atoms with Crippen molar-refractivity contribution in [1.82, 2.24) is 0 Å². The molecule has 1 aliphatic carbocycles. The fourth-order valence-corrected chi connectivity index (χ4v) is 3.36. The lowest BCUT2D eigenvalue weighted by molar-refractivity contribution is 0.446. The second-order valence-corrected chi connectivity index (χ2v) is 5.21. The van der Waals surface area contributed by atoms with Crippen LogP contribution in [-0.4, -0.2) is 11.7 Å². The first-order valence-electron chi connectivity index (χ1n) is 5.37. The fraction of sp³-hybridized carbons (Fsp3) is 0.500. The highest BCUT2D eigenvalue weighted by molar-refractivity contribution is 9.10. The van der Waals surface area contributed by atoms with Crippen LogP contribution < -0.4 is 5.73 Å². The minimum atomic E-state index is 0.131. The molecule has 0 aromatic heterocycles. The van der Waals surface area contributed by atoms with Gasteiger partial charge in [0.1, 0.15) is 5.75 Å². The van der Waals surface area contributed by atoms with E-state index in [1.54, 1.807) is 12.1 Å². The van der Waals surface area contributed by atoms with Crippen LogP contribution in [0.25, 0.3) is 0 Å². The van der Waals surface area contributed by atoms with Crippen molar-refractivity contribution in [2.45, 2.75) is 31.1 Å².